The van der Waals surface area contributed by atoms with Gasteiger partial charge in [-0.15, -0.1) is 0 Å². The van der Waals surface area contributed by atoms with Crippen LogP contribution in [0.1, 0.15) is 22.3 Å². The number of carbonyl (C=O) groups is 1. The molecule has 3 N–H and O–H groups in total. The molecule has 0 bridgehead atoms. The first-order valence-corrected chi connectivity index (χ1v) is 4.18. The predicted octanol–water partition coefficient (Wildman–Crippen LogP) is 1.23. The van der Waals surface area contributed by atoms with Crippen molar-refractivity contribution in [1.82, 2.24) is 0 Å². The molecule has 0 aromatic heterocycles. The van der Waals surface area contributed by atoms with Gasteiger partial charge in [-0.3, -0.25) is 4.79 Å². The highest BCUT2D eigenvalue weighted by molar-refractivity contribution is 5.96. The number of aromatic hydroxyl groups is 1. The monoisotopic (exact) mass is 179 g/mol. The van der Waals surface area contributed by atoms with Crippen molar-refractivity contribution < 1.29 is 9.90 Å². The number of benzene rings is 1. The molecule has 0 unspecified atom stereocenters. The fraction of sp³-hybridized carbons (Fsp3) is 0.300. The Kier molecular flexibility index (Phi) is 3.03. The van der Waals surface area contributed by atoms with Gasteiger partial charge in [0.1, 0.15) is 5.75 Å². The van der Waals surface area contributed by atoms with Crippen LogP contribution in [-0.2, 0) is 0 Å². The number of nitrogens with two attached hydrogens (primary N) is 1. The third kappa shape index (κ3) is 2.29. The van der Waals surface area contributed by atoms with Gasteiger partial charge >= 0.3 is 0 Å². The SMILES string of the molecule is Cc1cc(C(=O)CCN)ccc1O. The molecule has 13 heavy (non-hydrogen) atoms. The van der Waals surface area contributed by atoms with Crippen molar-refractivity contribution in [3.63, 3.8) is 0 Å². The van der Waals surface area contributed by atoms with E-state index in [1.165, 1.54) is 6.07 Å². The molecule has 70 valence electrons. The smallest absolute Gasteiger partial charge is 0.164 e. The van der Waals surface area contributed by atoms with Crippen LogP contribution in [0.15, 0.2) is 18.2 Å². The van der Waals surface area contributed by atoms with Gasteiger partial charge in [0.05, 0.1) is 0 Å². The van der Waals surface area contributed by atoms with Gasteiger partial charge in [-0.05, 0) is 37.2 Å². The molecular formula is C10H13NO2. The van der Waals surface area contributed by atoms with Crippen molar-refractivity contribution in [2.75, 3.05) is 6.54 Å². The van der Waals surface area contributed by atoms with Crippen LogP contribution in [0.3, 0.4) is 0 Å². The zero-order chi connectivity index (χ0) is 9.84. The largest absolute Gasteiger partial charge is 0.508 e. The first kappa shape index (κ1) is 9.74. The summed E-state index contributed by atoms with van der Waals surface area (Å²) >= 11 is 0. The Balaban J connectivity index is 2.90. The van der Waals surface area contributed by atoms with E-state index in [0.29, 0.717) is 24.1 Å². The van der Waals surface area contributed by atoms with Gasteiger partial charge in [-0.1, -0.05) is 0 Å². The van der Waals surface area contributed by atoms with Gasteiger partial charge in [0.25, 0.3) is 0 Å². The van der Waals surface area contributed by atoms with Gasteiger partial charge < -0.3 is 10.8 Å². The van der Waals surface area contributed by atoms with E-state index in [1.807, 2.05) is 0 Å². The van der Waals surface area contributed by atoms with E-state index in [0.717, 1.165) is 0 Å². The zero-order valence-electron chi connectivity index (χ0n) is 7.58. The molecule has 0 fully saturated rings. The number of hydrogen-bond donors (Lipinski definition) is 2. The minimum atomic E-state index is 0.0191. The van der Waals surface area contributed by atoms with Crippen molar-refractivity contribution in [2.45, 2.75) is 13.3 Å². The second-order valence-corrected chi connectivity index (χ2v) is 2.96. The molecule has 0 radical (unpaired) electrons. The second-order valence-electron chi connectivity index (χ2n) is 2.96. The van der Waals surface area contributed by atoms with Crippen LogP contribution in [0, 0.1) is 6.92 Å². The number of phenolic OH excluding ortho intramolecular Hbond substituents is 1. The molecule has 0 amide bonds. The first-order chi connectivity index (χ1) is 6.15. The average molecular weight is 179 g/mol. The lowest BCUT2D eigenvalue weighted by Gasteiger charge is -2.02. The number of carbonyl (C=O) groups excluding carboxylic acids is 1. The van der Waals surface area contributed by atoms with E-state index in [1.54, 1.807) is 19.1 Å². The third-order valence-electron chi connectivity index (χ3n) is 1.89. The van der Waals surface area contributed by atoms with Gasteiger partial charge in [0.2, 0.25) is 0 Å². The maximum Gasteiger partial charge on any atom is 0.164 e. The summed E-state index contributed by atoms with van der Waals surface area (Å²) in [5.41, 5.74) is 6.59. The summed E-state index contributed by atoms with van der Waals surface area (Å²) in [7, 11) is 0. The summed E-state index contributed by atoms with van der Waals surface area (Å²) in [6, 6.07) is 4.81. The maximum atomic E-state index is 11.3. The molecule has 0 aliphatic carbocycles. The van der Waals surface area contributed by atoms with Crippen LogP contribution in [-0.4, -0.2) is 17.4 Å². The van der Waals surface area contributed by atoms with Gasteiger partial charge in [0, 0.05) is 12.0 Å². The van der Waals surface area contributed by atoms with Crippen LogP contribution < -0.4 is 5.73 Å². The van der Waals surface area contributed by atoms with E-state index in [-0.39, 0.29) is 11.5 Å². The van der Waals surface area contributed by atoms with E-state index in [2.05, 4.69) is 0 Å². The summed E-state index contributed by atoms with van der Waals surface area (Å²) < 4.78 is 0. The molecule has 0 saturated carbocycles. The lowest BCUT2D eigenvalue weighted by Crippen LogP contribution is -2.08. The molecule has 3 nitrogen and oxygen atoms in total. The van der Waals surface area contributed by atoms with E-state index in [4.69, 9.17) is 5.73 Å². The number of aryl methyl sites for hydroxylation is 1. The van der Waals surface area contributed by atoms with Gasteiger partial charge in [0.15, 0.2) is 5.78 Å². The Hall–Kier alpha value is -1.35. The third-order valence-corrected chi connectivity index (χ3v) is 1.89. The topological polar surface area (TPSA) is 63.3 Å². The van der Waals surface area contributed by atoms with Crippen molar-refractivity contribution in [1.29, 1.82) is 0 Å². The minimum absolute atomic E-state index is 0.0191. The fourth-order valence-electron chi connectivity index (χ4n) is 1.10. The summed E-state index contributed by atoms with van der Waals surface area (Å²) in [5.74, 6) is 0.231. The first-order valence-electron chi connectivity index (χ1n) is 4.18. The fourth-order valence-corrected chi connectivity index (χ4v) is 1.10. The number of Topliss-reactive ketones (excluding diaryl/α,β-unsaturated/α-hetero) is 1. The lowest BCUT2D eigenvalue weighted by molar-refractivity contribution is 0.0985. The van der Waals surface area contributed by atoms with Crippen molar-refractivity contribution in [2.24, 2.45) is 5.73 Å². The van der Waals surface area contributed by atoms with Crippen LogP contribution >= 0.6 is 0 Å². The number of rotatable bonds is 3. The molecule has 3 heteroatoms. The molecular weight excluding hydrogens is 166 g/mol. The summed E-state index contributed by atoms with van der Waals surface area (Å²) in [6.07, 6.45) is 0.351. The highest BCUT2D eigenvalue weighted by atomic mass is 16.3. The molecule has 0 aliphatic rings. The Morgan fingerprint density at radius 1 is 1.54 bits per heavy atom. The Morgan fingerprint density at radius 2 is 2.23 bits per heavy atom. The molecule has 1 aromatic rings. The number of phenols is 1. The van der Waals surface area contributed by atoms with Gasteiger partial charge in [-0.2, -0.15) is 0 Å². The van der Waals surface area contributed by atoms with Crippen molar-refractivity contribution in [3.05, 3.63) is 29.3 Å². The van der Waals surface area contributed by atoms with Crippen LogP contribution in [0.2, 0.25) is 0 Å². The summed E-state index contributed by atoms with van der Waals surface area (Å²) in [4.78, 5) is 11.3. The van der Waals surface area contributed by atoms with Crippen molar-refractivity contribution >= 4 is 5.78 Å². The number of hydrogen-bond acceptors (Lipinski definition) is 3. The van der Waals surface area contributed by atoms with Crippen LogP contribution in [0.25, 0.3) is 0 Å². The lowest BCUT2D eigenvalue weighted by atomic mass is 10.1. The molecule has 1 rings (SSSR count). The van der Waals surface area contributed by atoms with Crippen molar-refractivity contribution in [3.8, 4) is 5.75 Å². The Morgan fingerprint density at radius 3 is 2.77 bits per heavy atom. The average Bonchev–Trinajstić information content (AvgIpc) is 2.10. The normalized spacial score (nSPS) is 10.0. The van der Waals surface area contributed by atoms with E-state index >= 15 is 0 Å². The summed E-state index contributed by atoms with van der Waals surface area (Å²) in [6.45, 7) is 2.12. The predicted molar refractivity (Wildman–Crippen MR) is 50.8 cm³/mol. The van der Waals surface area contributed by atoms with Crippen LogP contribution in [0.5, 0.6) is 5.75 Å². The highest BCUT2D eigenvalue weighted by Crippen LogP contribution is 2.17. The Labute approximate surface area is 77.2 Å². The van der Waals surface area contributed by atoms with E-state index < -0.39 is 0 Å². The van der Waals surface area contributed by atoms with Crippen LogP contribution in [0.4, 0.5) is 0 Å². The molecule has 1 aromatic carbocycles. The highest BCUT2D eigenvalue weighted by Gasteiger charge is 2.05. The maximum absolute atomic E-state index is 11.3. The number of ketones is 1. The molecule has 0 heterocycles. The molecule has 0 atom stereocenters. The van der Waals surface area contributed by atoms with Gasteiger partial charge in [-0.25, -0.2) is 0 Å². The molecule has 0 spiro atoms. The zero-order valence-corrected chi connectivity index (χ0v) is 7.58. The molecule has 0 aliphatic heterocycles. The molecule has 0 saturated heterocycles. The van der Waals surface area contributed by atoms with E-state index in [9.17, 15) is 9.90 Å². The second kappa shape index (κ2) is 4.05. The minimum Gasteiger partial charge on any atom is -0.508 e. The quantitative estimate of drug-likeness (QED) is 0.686. The standard InChI is InChI=1S/C10H13NO2/c1-7-6-8(2-3-9(7)12)10(13)4-5-11/h2-3,6,12H,4-5,11H2,1H3. The Bertz CT molecular complexity index is 321. The summed E-state index contributed by atoms with van der Waals surface area (Å²) in [5, 5.41) is 9.22.